The Balaban J connectivity index is 1.93. The molecule has 0 aliphatic carbocycles. The molecule has 8 heteroatoms. The second kappa shape index (κ2) is 6.37. The minimum Gasteiger partial charge on any atom is -0.465 e. The van der Waals surface area contributed by atoms with Crippen molar-refractivity contribution in [1.29, 1.82) is 0 Å². The van der Waals surface area contributed by atoms with Gasteiger partial charge in [-0.1, -0.05) is 18.2 Å². The van der Waals surface area contributed by atoms with Crippen LogP contribution in [0.1, 0.15) is 15.9 Å². The summed E-state index contributed by atoms with van der Waals surface area (Å²) in [5.74, 6) is 0.961. The van der Waals surface area contributed by atoms with E-state index >= 15 is 0 Å². The molecular weight excluding hydrogens is 310 g/mol. The summed E-state index contributed by atoms with van der Waals surface area (Å²) in [6.07, 6.45) is 2.66. The van der Waals surface area contributed by atoms with Crippen molar-refractivity contribution >= 4 is 11.8 Å². The number of rotatable bonds is 4. The summed E-state index contributed by atoms with van der Waals surface area (Å²) in [5.41, 5.74) is 7.08. The number of nitrogens with two attached hydrogens (primary N) is 1. The second-order valence-corrected chi connectivity index (χ2v) is 4.93. The van der Waals surface area contributed by atoms with Crippen LogP contribution in [0.4, 0.5) is 5.82 Å². The Morgan fingerprint density at radius 2 is 2.04 bits per heavy atom. The number of hydrogen-bond donors (Lipinski definition) is 1. The van der Waals surface area contributed by atoms with Gasteiger partial charge in [0.05, 0.1) is 13.3 Å². The number of aryl methyl sites for hydroxylation is 1. The normalized spacial score (nSPS) is 10.4. The van der Waals surface area contributed by atoms with E-state index in [2.05, 4.69) is 19.8 Å². The quantitative estimate of drug-likeness (QED) is 0.732. The van der Waals surface area contributed by atoms with E-state index in [0.29, 0.717) is 17.4 Å². The van der Waals surface area contributed by atoms with Crippen molar-refractivity contribution in [2.75, 3.05) is 12.8 Å². The molecule has 0 saturated heterocycles. The first-order valence-corrected chi connectivity index (χ1v) is 7.08. The molecular formula is C16H15N5O3. The molecule has 24 heavy (non-hydrogen) atoms. The molecule has 3 aromatic rings. The molecule has 3 rings (SSSR count). The molecule has 2 heterocycles. The van der Waals surface area contributed by atoms with Crippen LogP contribution in [0.25, 0.3) is 5.82 Å². The van der Waals surface area contributed by atoms with Crippen LogP contribution in [-0.4, -0.2) is 32.8 Å². The molecule has 0 bridgehead atoms. The Bertz CT molecular complexity index is 891. The van der Waals surface area contributed by atoms with Crippen LogP contribution in [0, 0.1) is 6.92 Å². The number of benzene rings is 1. The first-order valence-electron chi connectivity index (χ1n) is 7.08. The number of carbonyl (C=O) groups excluding carboxylic acids is 1. The molecule has 122 valence electrons. The first-order chi connectivity index (χ1) is 11.6. The van der Waals surface area contributed by atoms with E-state index in [1.165, 1.54) is 24.3 Å². The van der Waals surface area contributed by atoms with Gasteiger partial charge < -0.3 is 15.2 Å². The zero-order chi connectivity index (χ0) is 17.1. The van der Waals surface area contributed by atoms with E-state index in [1.807, 2.05) is 31.2 Å². The van der Waals surface area contributed by atoms with E-state index in [4.69, 9.17) is 10.5 Å². The minimum absolute atomic E-state index is 0.127. The molecule has 0 saturated carbocycles. The number of esters is 1. The molecule has 0 aliphatic heterocycles. The second-order valence-electron chi connectivity index (χ2n) is 4.93. The molecule has 8 nitrogen and oxygen atoms in total. The number of para-hydroxylation sites is 1. The van der Waals surface area contributed by atoms with Crippen molar-refractivity contribution in [3.05, 3.63) is 54.0 Å². The fourth-order valence-electron chi connectivity index (χ4n) is 2.09. The highest BCUT2D eigenvalue weighted by atomic mass is 16.5. The summed E-state index contributed by atoms with van der Waals surface area (Å²) < 4.78 is 11.7. The smallest absolute Gasteiger partial charge is 0.343 e. The van der Waals surface area contributed by atoms with Gasteiger partial charge in [-0.05, 0) is 18.6 Å². The summed E-state index contributed by atoms with van der Waals surface area (Å²) in [6.45, 7) is 1.94. The minimum atomic E-state index is -0.566. The van der Waals surface area contributed by atoms with Gasteiger partial charge in [-0.15, -0.1) is 0 Å². The average Bonchev–Trinajstić information content (AvgIpc) is 2.98. The Morgan fingerprint density at radius 3 is 2.79 bits per heavy atom. The fraction of sp³-hybridized carbons (Fsp3) is 0.125. The maximum atomic E-state index is 11.6. The van der Waals surface area contributed by atoms with E-state index < -0.39 is 5.97 Å². The van der Waals surface area contributed by atoms with Gasteiger partial charge in [0.15, 0.2) is 5.82 Å². The number of hydrogen-bond acceptors (Lipinski definition) is 7. The summed E-state index contributed by atoms with van der Waals surface area (Å²) >= 11 is 0. The molecule has 1 aromatic carbocycles. The van der Waals surface area contributed by atoms with Crippen LogP contribution in [0.2, 0.25) is 0 Å². The molecule has 2 aromatic heterocycles. The summed E-state index contributed by atoms with van der Waals surface area (Å²) in [7, 11) is 1.28. The predicted molar refractivity (Wildman–Crippen MR) is 86.2 cm³/mol. The molecule has 2 N–H and O–H groups in total. The zero-order valence-electron chi connectivity index (χ0n) is 13.1. The van der Waals surface area contributed by atoms with Crippen LogP contribution in [0.3, 0.4) is 0 Å². The van der Waals surface area contributed by atoms with Gasteiger partial charge >= 0.3 is 5.97 Å². The van der Waals surface area contributed by atoms with Crippen LogP contribution >= 0.6 is 0 Å². The number of aromatic nitrogens is 4. The van der Waals surface area contributed by atoms with E-state index in [-0.39, 0.29) is 11.4 Å². The van der Waals surface area contributed by atoms with Crippen molar-refractivity contribution in [1.82, 2.24) is 19.7 Å². The highest BCUT2D eigenvalue weighted by Gasteiger charge is 2.17. The monoisotopic (exact) mass is 325 g/mol. The van der Waals surface area contributed by atoms with E-state index in [9.17, 15) is 4.79 Å². The van der Waals surface area contributed by atoms with Gasteiger partial charge in [0.1, 0.15) is 23.5 Å². The van der Waals surface area contributed by atoms with Crippen LogP contribution < -0.4 is 10.5 Å². The molecule has 0 atom stereocenters. The highest BCUT2D eigenvalue weighted by Crippen LogP contribution is 2.24. The number of anilines is 1. The van der Waals surface area contributed by atoms with Crippen LogP contribution in [0.15, 0.2) is 42.9 Å². The van der Waals surface area contributed by atoms with Crippen molar-refractivity contribution in [2.24, 2.45) is 0 Å². The number of nitrogen functional groups attached to an aromatic ring is 1. The maximum Gasteiger partial charge on any atom is 0.343 e. The number of carbonyl (C=O) groups is 1. The fourth-order valence-corrected chi connectivity index (χ4v) is 2.09. The molecule has 0 unspecified atom stereocenters. The lowest BCUT2D eigenvalue weighted by molar-refractivity contribution is 0.0602. The predicted octanol–water partition coefficient (Wildman–Crippen LogP) is 2.13. The summed E-state index contributed by atoms with van der Waals surface area (Å²) in [4.78, 5) is 19.8. The van der Waals surface area contributed by atoms with Crippen molar-refractivity contribution in [3.8, 4) is 17.4 Å². The molecule has 0 amide bonds. The van der Waals surface area contributed by atoms with Gasteiger partial charge in [0.25, 0.3) is 0 Å². The summed E-state index contributed by atoms with van der Waals surface area (Å²) in [5, 5.41) is 4.07. The Labute approximate surface area is 137 Å². The van der Waals surface area contributed by atoms with Gasteiger partial charge in [-0.3, -0.25) is 0 Å². The average molecular weight is 325 g/mol. The molecule has 0 fully saturated rings. The van der Waals surface area contributed by atoms with Crippen molar-refractivity contribution in [2.45, 2.75) is 6.92 Å². The molecule has 0 radical (unpaired) electrons. The lowest BCUT2D eigenvalue weighted by Gasteiger charge is -2.09. The van der Waals surface area contributed by atoms with Crippen molar-refractivity contribution < 1.29 is 14.3 Å². The van der Waals surface area contributed by atoms with Crippen LogP contribution in [-0.2, 0) is 4.74 Å². The highest BCUT2D eigenvalue weighted by molar-refractivity contribution is 5.94. The Kier molecular flexibility index (Phi) is 4.11. The van der Waals surface area contributed by atoms with Gasteiger partial charge in [-0.25, -0.2) is 14.8 Å². The zero-order valence-corrected chi connectivity index (χ0v) is 13.1. The number of ether oxygens (including phenoxy) is 2. The topological polar surface area (TPSA) is 105 Å². The third kappa shape index (κ3) is 2.89. The van der Waals surface area contributed by atoms with Crippen LogP contribution in [0.5, 0.6) is 11.6 Å². The van der Waals surface area contributed by atoms with Gasteiger partial charge in [-0.2, -0.15) is 9.78 Å². The standard InChI is InChI=1S/C16H15N5O3/c1-10-5-3-4-6-12(10)24-14-7-13(18-9-19-14)21-15(17)11(8-20-21)16(22)23-2/h3-9H,17H2,1-2H3. The number of methoxy groups -OCH3 is 1. The van der Waals surface area contributed by atoms with Gasteiger partial charge in [0.2, 0.25) is 5.88 Å². The molecule has 0 spiro atoms. The van der Waals surface area contributed by atoms with Crippen molar-refractivity contribution in [3.63, 3.8) is 0 Å². The molecule has 0 aliphatic rings. The van der Waals surface area contributed by atoms with Gasteiger partial charge in [0, 0.05) is 6.07 Å². The first kappa shape index (κ1) is 15.5. The number of nitrogens with zero attached hydrogens (tertiary/aromatic N) is 4. The largest absolute Gasteiger partial charge is 0.465 e. The van der Waals surface area contributed by atoms with E-state index in [0.717, 1.165) is 5.56 Å². The van der Waals surface area contributed by atoms with E-state index in [1.54, 1.807) is 6.07 Å². The summed E-state index contributed by atoms with van der Waals surface area (Å²) in [6, 6.07) is 9.15. The Morgan fingerprint density at radius 1 is 1.25 bits per heavy atom. The SMILES string of the molecule is COC(=O)c1cnn(-c2cc(Oc3ccccc3C)ncn2)c1N. The maximum absolute atomic E-state index is 11.6. The Hall–Kier alpha value is -3.42. The third-order valence-electron chi connectivity index (χ3n) is 3.36. The lowest BCUT2D eigenvalue weighted by atomic mass is 10.2. The lowest BCUT2D eigenvalue weighted by Crippen LogP contribution is -2.08. The third-order valence-corrected chi connectivity index (χ3v) is 3.36.